The number of hydrogen-bond donors (Lipinski definition) is 0. The molecule has 0 saturated carbocycles. The second-order valence-electron chi connectivity index (χ2n) is 26.8. The average Bonchev–Trinajstić information content (AvgIpc) is 1.56. The molecule has 0 atom stereocenters. The van der Waals surface area contributed by atoms with E-state index in [1.807, 2.05) is 18.2 Å². The quantitative estimate of drug-likeness (QED) is 0.144. The van der Waals surface area contributed by atoms with Crippen LogP contribution in [0.15, 0.2) is 376 Å². The van der Waals surface area contributed by atoms with Crippen molar-refractivity contribution in [1.29, 1.82) is 0 Å². The van der Waals surface area contributed by atoms with Crippen molar-refractivity contribution in [2.24, 2.45) is 0 Å². The van der Waals surface area contributed by atoms with Crippen molar-refractivity contribution in [3.8, 4) is 90.0 Å². The van der Waals surface area contributed by atoms with Gasteiger partial charge in [-0.25, -0.2) is 19.9 Å². The van der Waals surface area contributed by atoms with Gasteiger partial charge in [-0.1, -0.05) is 279 Å². The summed E-state index contributed by atoms with van der Waals surface area (Å²) < 4.78 is 4.80. The Morgan fingerprint density at radius 3 is 0.808 bits per heavy atom. The standard InChI is InChI=1S/C52H33N3.C46H29N3/c1-2-11-34(12-3-1)35-21-23-36(24-22-35)40-15-10-16-41(33-40)51-45-19-8-9-20-46(45)53-52(54-51)39-25-29-42(30-26-39)55-47-31-27-37-13-4-6-17-43(37)49(47)50-44-18-7-5-14-38(44)28-32-48(50)55;1-2-11-30(12-3-1)34-15-10-16-35(29-34)45-39-19-8-9-20-40(39)47-46(48-45)33-21-25-36(26-22-33)49-41-27-23-31-13-4-6-17-37(31)43(41)44-38-18-7-5-14-32(38)24-28-42(44)49/h1-33H;1-29H. The van der Waals surface area contributed by atoms with Crippen LogP contribution in [-0.2, 0) is 0 Å². The van der Waals surface area contributed by atoms with Gasteiger partial charge in [-0.2, -0.15) is 0 Å². The first-order valence-corrected chi connectivity index (χ1v) is 35.4. The van der Waals surface area contributed by atoms with Crippen LogP contribution < -0.4 is 0 Å². The van der Waals surface area contributed by atoms with E-state index in [2.05, 4.69) is 367 Å². The Balaban J connectivity index is 0.000000139. The molecule has 21 aromatic rings. The molecule has 17 aromatic carbocycles. The molecule has 0 saturated heterocycles. The van der Waals surface area contributed by atoms with Gasteiger partial charge in [-0.3, -0.25) is 0 Å². The van der Waals surface area contributed by atoms with Crippen LogP contribution in [0.1, 0.15) is 0 Å². The highest BCUT2D eigenvalue weighted by Crippen LogP contribution is 2.44. The Bertz CT molecular complexity index is 6750. The molecule has 0 radical (unpaired) electrons. The molecule has 0 aliphatic heterocycles. The first kappa shape index (κ1) is 60.1. The maximum Gasteiger partial charge on any atom is 0.160 e. The van der Waals surface area contributed by atoms with Crippen molar-refractivity contribution in [2.45, 2.75) is 0 Å². The molecule has 0 amide bonds. The monoisotopic (exact) mass is 1320 g/mol. The van der Waals surface area contributed by atoms with E-state index in [0.29, 0.717) is 11.6 Å². The Morgan fingerprint density at radius 2 is 0.442 bits per heavy atom. The minimum absolute atomic E-state index is 0.706. The van der Waals surface area contributed by atoms with Gasteiger partial charge in [-0.05, 0) is 174 Å². The number of para-hydroxylation sites is 2. The summed E-state index contributed by atoms with van der Waals surface area (Å²) in [5.41, 5.74) is 21.9. The predicted octanol–water partition coefficient (Wildman–Crippen LogP) is 25.7. The van der Waals surface area contributed by atoms with Crippen LogP contribution in [-0.4, -0.2) is 29.1 Å². The summed E-state index contributed by atoms with van der Waals surface area (Å²) in [5, 5.41) is 17.3. The highest BCUT2D eigenvalue weighted by Gasteiger charge is 2.22. The lowest BCUT2D eigenvalue weighted by Gasteiger charge is -2.12. The smallest absolute Gasteiger partial charge is 0.160 e. The van der Waals surface area contributed by atoms with Crippen molar-refractivity contribution in [2.75, 3.05) is 0 Å². The highest BCUT2D eigenvalue weighted by molar-refractivity contribution is 6.30. The predicted molar refractivity (Wildman–Crippen MR) is 436 cm³/mol. The molecule has 4 heterocycles. The van der Waals surface area contributed by atoms with Gasteiger partial charge in [-0.15, -0.1) is 0 Å². The van der Waals surface area contributed by atoms with Crippen molar-refractivity contribution in [1.82, 2.24) is 29.1 Å². The Hall–Kier alpha value is -13.9. The number of nitrogens with zero attached hydrogens (tertiary/aromatic N) is 6. The third-order valence-electron chi connectivity index (χ3n) is 20.8. The lowest BCUT2D eigenvalue weighted by atomic mass is 9.97. The molecular weight excluding hydrogens is 1260 g/mol. The van der Waals surface area contributed by atoms with Gasteiger partial charge in [0.2, 0.25) is 0 Å². The molecule has 104 heavy (non-hydrogen) atoms. The number of aromatic nitrogens is 6. The zero-order valence-corrected chi connectivity index (χ0v) is 56.5. The largest absolute Gasteiger partial charge is 0.309 e. The van der Waals surface area contributed by atoms with Crippen LogP contribution in [0.3, 0.4) is 0 Å². The Morgan fingerprint density at radius 1 is 0.173 bits per heavy atom. The molecule has 0 aliphatic carbocycles. The van der Waals surface area contributed by atoms with Crippen LogP contribution in [0.4, 0.5) is 0 Å². The fourth-order valence-electron chi connectivity index (χ4n) is 15.8. The molecule has 484 valence electrons. The topological polar surface area (TPSA) is 61.4 Å². The summed E-state index contributed by atoms with van der Waals surface area (Å²) in [4.78, 5) is 20.6. The maximum atomic E-state index is 5.27. The summed E-state index contributed by atoms with van der Waals surface area (Å²) in [7, 11) is 0. The van der Waals surface area contributed by atoms with Crippen LogP contribution in [0.2, 0.25) is 0 Å². The fourth-order valence-corrected chi connectivity index (χ4v) is 15.8. The fraction of sp³-hybridized carbons (Fsp3) is 0. The average molecular weight is 1320 g/mol. The molecule has 6 nitrogen and oxygen atoms in total. The van der Waals surface area contributed by atoms with E-state index in [9.17, 15) is 0 Å². The van der Waals surface area contributed by atoms with Crippen molar-refractivity contribution in [3.63, 3.8) is 0 Å². The number of benzene rings is 17. The van der Waals surface area contributed by atoms with Crippen LogP contribution in [0.5, 0.6) is 0 Å². The van der Waals surface area contributed by atoms with E-state index in [0.717, 1.165) is 72.4 Å². The molecule has 0 spiro atoms. The van der Waals surface area contributed by atoms with E-state index in [-0.39, 0.29) is 0 Å². The summed E-state index contributed by atoms with van der Waals surface area (Å²) >= 11 is 0. The van der Waals surface area contributed by atoms with Crippen molar-refractivity contribution in [3.05, 3.63) is 376 Å². The molecule has 0 aliphatic rings. The first-order valence-electron chi connectivity index (χ1n) is 35.4. The SMILES string of the molecule is c1ccc(-c2ccc(-c3cccc(-c4nc(-c5ccc(-n6c7ccc8ccccc8c7c7c8ccccc8ccc76)cc5)nc5ccccc45)c3)cc2)cc1.c1ccc(-c2cccc(-c3nc(-c4ccc(-n5c6ccc7ccccc7c6c6c7ccccc7ccc65)cc4)nc4ccccc34)c2)cc1. The third kappa shape index (κ3) is 10.3. The minimum Gasteiger partial charge on any atom is -0.309 e. The second-order valence-corrected chi connectivity index (χ2v) is 26.8. The van der Waals surface area contributed by atoms with Crippen molar-refractivity contribution < 1.29 is 0 Å². The maximum absolute atomic E-state index is 5.27. The number of fused-ring (bicyclic) bond motifs is 16. The van der Waals surface area contributed by atoms with Crippen LogP contribution in [0.25, 0.3) is 199 Å². The lowest BCUT2D eigenvalue weighted by Crippen LogP contribution is -1.97. The van der Waals surface area contributed by atoms with Gasteiger partial charge in [0.1, 0.15) is 0 Å². The zero-order valence-electron chi connectivity index (χ0n) is 56.5. The Kier molecular flexibility index (Phi) is 14.5. The van der Waals surface area contributed by atoms with E-state index >= 15 is 0 Å². The molecule has 21 rings (SSSR count). The van der Waals surface area contributed by atoms with Gasteiger partial charge in [0.05, 0.1) is 44.5 Å². The van der Waals surface area contributed by atoms with Gasteiger partial charge < -0.3 is 9.13 Å². The van der Waals surface area contributed by atoms with Gasteiger partial charge in [0, 0.05) is 65.9 Å². The molecule has 6 heteroatoms. The first-order chi connectivity index (χ1) is 51.6. The Labute approximate surface area is 600 Å². The van der Waals surface area contributed by atoms with E-state index in [1.54, 1.807) is 0 Å². The summed E-state index contributed by atoms with van der Waals surface area (Å²) in [5.74, 6) is 1.42. The molecular formula is C98H62N6. The molecule has 0 bridgehead atoms. The normalized spacial score (nSPS) is 11.7. The highest BCUT2D eigenvalue weighted by atomic mass is 15.0. The van der Waals surface area contributed by atoms with Gasteiger partial charge in [0.15, 0.2) is 11.6 Å². The summed E-state index contributed by atoms with van der Waals surface area (Å²) in [6.45, 7) is 0. The lowest BCUT2D eigenvalue weighted by molar-refractivity contribution is 1.17. The summed E-state index contributed by atoms with van der Waals surface area (Å²) in [6, 6.07) is 134. The molecule has 0 fully saturated rings. The zero-order chi connectivity index (χ0) is 68.6. The second kappa shape index (κ2) is 25.0. The van der Waals surface area contributed by atoms with E-state index in [1.165, 1.54) is 115 Å². The van der Waals surface area contributed by atoms with Crippen molar-refractivity contribution >= 4 is 109 Å². The molecule has 0 unspecified atom stereocenters. The number of rotatable bonds is 9. The summed E-state index contributed by atoms with van der Waals surface area (Å²) in [6.07, 6.45) is 0. The van der Waals surface area contributed by atoms with E-state index < -0.39 is 0 Å². The third-order valence-corrected chi connectivity index (χ3v) is 20.8. The van der Waals surface area contributed by atoms with E-state index in [4.69, 9.17) is 19.9 Å². The molecule has 0 N–H and O–H groups in total. The minimum atomic E-state index is 0.706. The van der Waals surface area contributed by atoms with Crippen LogP contribution >= 0.6 is 0 Å². The van der Waals surface area contributed by atoms with Crippen LogP contribution in [0, 0.1) is 0 Å². The van der Waals surface area contributed by atoms with Gasteiger partial charge in [0.25, 0.3) is 0 Å². The van der Waals surface area contributed by atoms with Gasteiger partial charge >= 0.3 is 0 Å². The molecule has 4 aromatic heterocycles. The number of hydrogen-bond acceptors (Lipinski definition) is 4.